The number of anilines is 2. The van der Waals surface area contributed by atoms with Crippen LogP contribution < -0.4 is 16.4 Å². The molecule has 0 spiro atoms. The van der Waals surface area contributed by atoms with Gasteiger partial charge in [-0.2, -0.15) is 0 Å². The first kappa shape index (κ1) is 27.7. The monoisotopic (exact) mass is 586 g/mol. The van der Waals surface area contributed by atoms with Crippen molar-refractivity contribution in [1.82, 2.24) is 20.2 Å². The molecule has 0 saturated carbocycles. The predicted octanol–water partition coefficient (Wildman–Crippen LogP) is 5.80. The van der Waals surface area contributed by atoms with Crippen molar-refractivity contribution in [2.45, 2.75) is 32.5 Å². The largest absolute Gasteiger partial charge is 0.369 e. The van der Waals surface area contributed by atoms with E-state index in [1.807, 2.05) is 24.3 Å². The number of nitrogens with two attached hydrogens (primary N) is 1. The number of hydrogen-bond acceptors (Lipinski definition) is 6. The van der Waals surface area contributed by atoms with Crippen LogP contribution in [0.1, 0.15) is 30.5 Å². The minimum Gasteiger partial charge on any atom is -0.369 e. The summed E-state index contributed by atoms with van der Waals surface area (Å²) in [5, 5.41) is 7.13. The fourth-order valence-corrected chi connectivity index (χ4v) is 5.56. The summed E-state index contributed by atoms with van der Waals surface area (Å²) in [6.45, 7) is 6.00. The van der Waals surface area contributed by atoms with E-state index in [1.165, 1.54) is 18.2 Å². The van der Waals surface area contributed by atoms with Gasteiger partial charge in [-0.25, -0.2) is 23.7 Å². The summed E-state index contributed by atoms with van der Waals surface area (Å²) in [4.78, 5) is 20.5. The normalized spacial score (nSPS) is 18.5. The van der Waals surface area contributed by atoms with Gasteiger partial charge in [0.05, 0.1) is 29.2 Å². The first-order valence-corrected chi connectivity index (χ1v) is 14.0. The fourth-order valence-electron chi connectivity index (χ4n) is 5.39. The zero-order chi connectivity index (χ0) is 29.4. The summed E-state index contributed by atoms with van der Waals surface area (Å²) in [6.07, 6.45) is 1.67. The number of nitrogens with one attached hydrogen (secondary N) is 2. The van der Waals surface area contributed by atoms with E-state index in [0.29, 0.717) is 51.4 Å². The molecular formula is C31H29ClF2N8. The van der Waals surface area contributed by atoms with Crippen molar-refractivity contribution in [2.75, 3.05) is 18.4 Å². The molecule has 0 aliphatic carbocycles. The van der Waals surface area contributed by atoms with Crippen molar-refractivity contribution in [3.63, 3.8) is 0 Å². The molecule has 2 aliphatic heterocycles. The van der Waals surface area contributed by atoms with Crippen LogP contribution in [-0.4, -0.2) is 51.7 Å². The van der Waals surface area contributed by atoms with E-state index in [2.05, 4.69) is 44.3 Å². The van der Waals surface area contributed by atoms with Crippen LogP contribution in [0.15, 0.2) is 76.8 Å². The molecule has 2 aliphatic rings. The molecule has 1 saturated heterocycles. The number of guanidine groups is 1. The van der Waals surface area contributed by atoms with Gasteiger partial charge in [0, 0.05) is 58.8 Å². The Hall–Kier alpha value is -4.41. The molecule has 0 amide bonds. The lowest BCUT2D eigenvalue weighted by Gasteiger charge is -2.36. The zero-order valence-corrected chi connectivity index (χ0v) is 23.8. The molecular weight excluding hydrogens is 558 g/mol. The first-order valence-electron chi connectivity index (χ1n) is 13.6. The van der Waals surface area contributed by atoms with Crippen molar-refractivity contribution >= 4 is 40.6 Å². The first-order chi connectivity index (χ1) is 20.2. The highest BCUT2D eigenvalue weighted by molar-refractivity contribution is 6.31. The number of fused-ring (bicyclic) bond motifs is 3. The van der Waals surface area contributed by atoms with E-state index in [1.54, 1.807) is 24.4 Å². The fraction of sp³-hybridized carbons (Fsp3) is 0.226. The second-order valence-electron chi connectivity index (χ2n) is 10.5. The van der Waals surface area contributed by atoms with E-state index < -0.39 is 11.6 Å². The van der Waals surface area contributed by atoms with Crippen LogP contribution >= 0.6 is 11.6 Å². The van der Waals surface area contributed by atoms with E-state index in [4.69, 9.17) is 22.3 Å². The molecule has 2 unspecified atom stereocenters. The number of rotatable bonds is 4. The Kier molecular flexibility index (Phi) is 7.57. The summed E-state index contributed by atoms with van der Waals surface area (Å²) < 4.78 is 29.6. The summed E-state index contributed by atoms with van der Waals surface area (Å²) in [6, 6.07) is 17.0. The van der Waals surface area contributed by atoms with Crippen LogP contribution in [0.25, 0.3) is 11.3 Å². The molecule has 42 heavy (non-hydrogen) atoms. The Morgan fingerprint density at radius 2 is 1.74 bits per heavy atom. The average Bonchev–Trinajstić information content (AvgIpc) is 3.10. The van der Waals surface area contributed by atoms with Crippen LogP contribution in [0.4, 0.5) is 26.1 Å². The van der Waals surface area contributed by atoms with Gasteiger partial charge < -0.3 is 21.3 Å². The van der Waals surface area contributed by atoms with E-state index in [9.17, 15) is 8.78 Å². The number of aliphatic imine (C=N–C) groups is 2. The summed E-state index contributed by atoms with van der Waals surface area (Å²) >= 11 is 6.32. The Bertz CT molecular complexity index is 1680. The Balaban J connectivity index is 1.27. The second-order valence-corrected chi connectivity index (χ2v) is 11.0. The maximum Gasteiger partial charge on any atom is 0.227 e. The molecule has 11 heteroatoms. The van der Waals surface area contributed by atoms with Gasteiger partial charge in [-0.1, -0.05) is 23.7 Å². The second kappa shape index (κ2) is 11.5. The van der Waals surface area contributed by atoms with Crippen LogP contribution in [0.5, 0.6) is 0 Å². The predicted molar refractivity (Wildman–Crippen MR) is 163 cm³/mol. The molecule has 1 aromatic heterocycles. The van der Waals surface area contributed by atoms with E-state index in [-0.39, 0.29) is 17.8 Å². The highest BCUT2D eigenvalue weighted by Gasteiger charge is 2.25. The van der Waals surface area contributed by atoms with Crippen LogP contribution in [0.3, 0.4) is 0 Å². The number of hydrogen-bond donors (Lipinski definition) is 3. The number of benzene rings is 3. The summed E-state index contributed by atoms with van der Waals surface area (Å²) in [5.74, 6) is -0.563. The number of nitrogens with zero attached hydrogens (tertiary/aromatic N) is 5. The molecule has 214 valence electrons. The van der Waals surface area contributed by atoms with E-state index in [0.717, 1.165) is 24.5 Å². The molecule has 0 radical (unpaired) electrons. The van der Waals surface area contributed by atoms with Gasteiger partial charge in [0.2, 0.25) is 5.95 Å². The number of halogens is 3. The van der Waals surface area contributed by atoms with Gasteiger partial charge in [0.15, 0.2) is 5.96 Å². The average molecular weight is 587 g/mol. The van der Waals surface area contributed by atoms with Gasteiger partial charge in [0.25, 0.3) is 0 Å². The molecule has 1 fully saturated rings. The van der Waals surface area contributed by atoms with Crippen LogP contribution in [0, 0.1) is 11.6 Å². The Morgan fingerprint density at radius 1 is 1.02 bits per heavy atom. The maximum absolute atomic E-state index is 14.8. The van der Waals surface area contributed by atoms with Crippen LogP contribution in [0.2, 0.25) is 5.02 Å². The van der Waals surface area contributed by atoms with Crippen molar-refractivity contribution < 1.29 is 8.78 Å². The highest BCUT2D eigenvalue weighted by Crippen LogP contribution is 2.35. The standard InChI is InChI=1S/C31H29ClF2N8/c1-17-15-42(16-18(2)38-17)30(35)39-21-7-9-22(10-8-21)40-31-37-14-19-13-36-29(27-25(33)4-3-5-26(27)34)24-12-20(32)6-11-23(24)28(19)41-31/h3-12,14,17-18,38H,13,15-16H2,1-2H3,(H2,35,39)(H,37,40,41). The van der Waals surface area contributed by atoms with Gasteiger partial charge >= 0.3 is 0 Å². The van der Waals surface area contributed by atoms with Gasteiger partial charge in [-0.3, -0.25) is 4.99 Å². The molecule has 3 heterocycles. The lowest BCUT2D eigenvalue weighted by atomic mass is 9.95. The molecule has 8 nitrogen and oxygen atoms in total. The molecule has 2 atom stereocenters. The van der Waals surface area contributed by atoms with E-state index >= 15 is 0 Å². The molecule has 4 aromatic rings. The zero-order valence-electron chi connectivity index (χ0n) is 23.1. The highest BCUT2D eigenvalue weighted by atomic mass is 35.5. The summed E-state index contributed by atoms with van der Waals surface area (Å²) in [7, 11) is 0. The molecule has 4 N–H and O–H groups in total. The van der Waals surface area contributed by atoms with Gasteiger partial charge in [-0.05, 0) is 62.4 Å². The molecule has 0 bridgehead atoms. The topological polar surface area (TPSA) is 104 Å². The van der Waals surface area contributed by atoms with Crippen molar-refractivity contribution in [1.29, 1.82) is 0 Å². The third kappa shape index (κ3) is 5.68. The third-order valence-electron chi connectivity index (χ3n) is 7.21. The van der Waals surface area contributed by atoms with Crippen molar-refractivity contribution in [2.24, 2.45) is 15.7 Å². The quantitative estimate of drug-likeness (QED) is 0.206. The number of piperazine rings is 1. The minimum absolute atomic E-state index is 0.143. The maximum atomic E-state index is 14.8. The van der Waals surface area contributed by atoms with Crippen molar-refractivity contribution in [3.05, 3.63) is 100 Å². The lowest BCUT2D eigenvalue weighted by Crippen LogP contribution is -2.57. The smallest absolute Gasteiger partial charge is 0.227 e. The Morgan fingerprint density at radius 3 is 2.45 bits per heavy atom. The summed E-state index contributed by atoms with van der Waals surface area (Å²) in [5.41, 5.74) is 10.2. The molecule has 6 rings (SSSR count). The van der Waals surface area contributed by atoms with Gasteiger partial charge in [0.1, 0.15) is 11.6 Å². The Labute approximate surface area is 247 Å². The number of aromatic nitrogens is 2. The third-order valence-corrected chi connectivity index (χ3v) is 7.45. The molecule has 3 aromatic carbocycles. The van der Waals surface area contributed by atoms with Crippen LogP contribution in [-0.2, 0) is 6.54 Å². The lowest BCUT2D eigenvalue weighted by molar-refractivity contribution is 0.253. The van der Waals surface area contributed by atoms with Crippen molar-refractivity contribution in [3.8, 4) is 11.3 Å². The van der Waals surface area contributed by atoms with Gasteiger partial charge in [-0.15, -0.1) is 0 Å². The minimum atomic E-state index is -0.703. The SMILES string of the molecule is CC1CN(C(N)=Nc2ccc(Nc3ncc4c(n3)-c3ccc(Cl)cc3C(c3c(F)cccc3F)=NC4)cc2)CC(C)N1.